The highest BCUT2D eigenvalue weighted by molar-refractivity contribution is 6.33. The Morgan fingerprint density at radius 2 is 2.05 bits per heavy atom. The lowest BCUT2D eigenvalue weighted by Crippen LogP contribution is -2.13. The van der Waals surface area contributed by atoms with Gasteiger partial charge in [-0.1, -0.05) is 17.7 Å². The Balaban J connectivity index is 2.20. The monoisotopic (exact) mass is 294 g/mol. The summed E-state index contributed by atoms with van der Waals surface area (Å²) in [5, 5.41) is 2.58. The summed E-state index contributed by atoms with van der Waals surface area (Å²) in [6.07, 6.45) is 1.46. The van der Waals surface area contributed by atoms with E-state index in [1.165, 1.54) is 36.5 Å². The molecule has 0 saturated carbocycles. The summed E-state index contributed by atoms with van der Waals surface area (Å²) < 4.78 is 11.8. The van der Waals surface area contributed by atoms with Crippen LogP contribution in [-0.4, -0.2) is 16.9 Å². The van der Waals surface area contributed by atoms with E-state index in [0.29, 0.717) is 5.69 Å². The molecule has 1 aromatic carbocycles. The summed E-state index contributed by atoms with van der Waals surface area (Å²) >= 11 is 5.79. The number of hydrogen-bond acceptors (Lipinski definition) is 4. The number of aromatic nitrogens is 1. The molecule has 0 spiro atoms. The van der Waals surface area contributed by atoms with E-state index in [1.807, 2.05) is 0 Å². The first-order valence-electron chi connectivity index (χ1n) is 5.46. The van der Waals surface area contributed by atoms with Gasteiger partial charge in [0.2, 0.25) is 0 Å². The molecule has 1 N–H and O–H groups in total. The molecule has 5 nitrogen and oxygen atoms in total. The van der Waals surface area contributed by atoms with Gasteiger partial charge in [0.15, 0.2) is 0 Å². The van der Waals surface area contributed by atoms with Crippen molar-refractivity contribution < 1.29 is 19.1 Å². The maximum absolute atomic E-state index is 12.0. The van der Waals surface area contributed by atoms with Gasteiger partial charge in [0.05, 0.1) is 11.1 Å². The molecule has 0 bridgehead atoms. The van der Waals surface area contributed by atoms with Gasteiger partial charge in [0, 0.05) is 16.4 Å². The molecule has 1 heterocycles. The molecule has 102 valence electrons. The molecule has 2 aromatic rings. The van der Waals surface area contributed by atoms with Crippen LogP contribution in [0.25, 0.3) is 0 Å². The molecule has 0 unspecified atom stereocenters. The zero-order chi connectivity index (χ0) is 14.5. The Kier molecular flexibility index (Phi) is 4.27. The molecule has 1 amide bonds. The predicted octanol–water partition coefficient (Wildman–Crippen LogP) is 3.03. The zero-order valence-electron chi connectivity index (χ0n) is 9.97. The molecule has 7 heteroatoms. The van der Waals surface area contributed by atoms with Crippen molar-refractivity contribution in [2.75, 3.05) is 5.32 Å². The van der Waals surface area contributed by atoms with Crippen LogP contribution in [-0.2, 0) is 4.94 Å². The van der Waals surface area contributed by atoms with Crippen LogP contribution in [0.3, 0.4) is 0 Å². The third-order valence-corrected chi connectivity index (χ3v) is 2.73. The molecule has 0 aliphatic carbocycles. The van der Waals surface area contributed by atoms with Gasteiger partial charge in [0.1, 0.15) is 5.15 Å². The van der Waals surface area contributed by atoms with Crippen molar-refractivity contribution >= 4 is 29.2 Å². The number of benzene rings is 1. The number of carbonyl (C=O) groups is 2. The minimum absolute atomic E-state index is 0.0254. The Labute approximate surface area is 118 Å². The largest absolute Gasteiger partial charge is 0.379 e. The van der Waals surface area contributed by atoms with Crippen LogP contribution in [0.1, 0.15) is 20.7 Å². The van der Waals surface area contributed by atoms with Crippen molar-refractivity contribution in [3.63, 3.8) is 0 Å². The minimum Gasteiger partial charge on any atom is -0.322 e. The molecule has 0 atom stereocenters. The number of nitrogens with one attached hydrogen (secondary N) is 1. The summed E-state index contributed by atoms with van der Waals surface area (Å²) in [7, 11) is 0. The molecule has 2 rings (SSSR count). The first-order chi connectivity index (χ1) is 9.61. The van der Waals surface area contributed by atoms with Crippen LogP contribution in [0.15, 0.2) is 42.6 Å². The van der Waals surface area contributed by atoms with Crippen molar-refractivity contribution in [2.24, 2.45) is 0 Å². The Bertz CT molecular complexity index is 664. The Morgan fingerprint density at radius 1 is 1.25 bits per heavy atom. The molecule has 20 heavy (non-hydrogen) atoms. The standard InChI is InChI=1S/C13H8ClFN2O3/c14-11-10(5-2-6-16-11)12(18)17-9-4-1-3-8(7-9)13(19)20-15/h1-7H,(H,17,18). The topological polar surface area (TPSA) is 68.3 Å². The van der Waals surface area contributed by atoms with Gasteiger partial charge in [0.25, 0.3) is 5.91 Å². The third kappa shape index (κ3) is 3.10. The number of rotatable bonds is 3. The minimum atomic E-state index is -1.14. The summed E-state index contributed by atoms with van der Waals surface area (Å²) in [6.45, 7) is 0. The molecule has 0 aliphatic rings. The van der Waals surface area contributed by atoms with Crippen molar-refractivity contribution in [3.8, 4) is 0 Å². The fourth-order valence-electron chi connectivity index (χ4n) is 1.52. The zero-order valence-corrected chi connectivity index (χ0v) is 10.7. The number of carbonyl (C=O) groups excluding carboxylic acids is 2. The lowest BCUT2D eigenvalue weighted by molar-refractivity contribution is -0.0787. The number of amides is 1. The number of anilines is 1. The van der Waals surface area contributed by atoms with Gasteiger partial charge < -0.3 is 5.32 Å². The lowest BCUT2D eigenvalue weighted by Gasteiger charge is -2.06. The molecule has 0 fully saturated rings. The number of halogens is 2. The summed E-state index contributed by atoms with van der Waals surface area (Å²) in [5.74, 6) is -1.63. The van der Waals surface area contributed by atoms with Gasteiger partial charge in [-0.25, -0.2) is 14.7 Å². The van der Waals surface area contributed by atoms with E-state index >= 15 is 0 Å². The maximum Gasteiger partial charge on any atom is 0.379 e. The van der Waals surface area contributed by atoms with E-state index in [0.717, 1.165) is 0 Å². The van der Waals surface area contributed by atoms with Crippen LogP contribution in [0.4, 0.5) is 10.2 Å². The SMILES string of the molecule is O=C(OF)c1cccc(NC(=O)c2cccnc2Cl)c1. The van der Waals surface area contributed by atoms with Crippen molar-refractivity contribution in [1.82, 2.24) is 4.98 Å². The highest BCUT2D eigenvalue weighted by atomic mass is 35.5. The molecule has 0 radical (unpaired) electrons. The van der Waals surface area contributed by atoms with E-state index in [2.05, 4.69) is 15.2 Å². The van der Waals surface area contributed by atoms with Crippen LogP contribution >= 0.6 is 11.6 Å². The van der Waals surface area contributed by atoms with Gasteiger partial charge >= 0.3 is 5.97 Å². The lowest BCUT2D eigenvalue weighted by atomic mass is 10.2. The van der Waals surface area contributed by atoms with Gasteiger partial charge in [-0.05, 0) is 30.3 Å². The average molecular weight is 295 g/mol. The quantitative estimate of drug-likeness (QED) is 0.884. The predicted molar refractivity (Wildman–Crippen MR) is 70.2 cm³/mol. The average Bonchev–Trinajstić information content (AvgIpc) is 2.47. The van der Waals surface area contributed by atoms with Gasteiger partial charge in [-0.3, -0.25) is 4.79 Å². The van der Waals surface area contributed by atoms with Crippen LogP contribution in [0, 0.1) is 0 Å². The second-order valence-corrected chi connectivity index (χ2v) is 4.10. The first kappa shape index (κ1) is 14.0. The molecular formula is C13H8ClFN2O3. The highest BCUT2D eigenvalue weighted by Gasteiger charge is 2.13. The van der Waals surface area contributed by atoms with Crippen molar-refractivity contribution in [2.45, 2.75) is 0 Å². The van der Waals surface area contributed by atoms with Gasteiger partial charge in [-0.15, -0.1) is 0 Å². The normalized spacial score (nSPS) is 9.90. The van der Waals surface area contributed by atoms with Crippen LogP contribution in [0.2, 0.25) is 5.15 Å². The number of hydrogen-bond donors (Lipinski definition) is 1. The maximum atomic E-state index is 12.0. The van der Waals surface area contributed by atoms with Crippen LogP contribution in [0.5, 0.6) is 0 Å². The fraction of sp³-hybridized carbons (Fsp3) is 0. The molecular weight excluding hydrogens is 287 g/mol. The van der Waals surface area contributed by atoms with Crippen molar-refractivity contribution in [1.29, 1.82) is 0 Å². The second kappa shape index (κ2) is 6.12. The van der Waals surface area contributed by atoms with Crippen LogP contribution < -0.4 is 5.32 Å². The van der Waals surface area contributed by atoms with Gasteiger partial charge in [-0.2, -0.15) is 0 Å². The molecule has 1 aromatic heterocycles. The Hall–Kier alpha value is -2.47. The fourth-order valence-corrected chi connectivity index (χ4v) is 1.73. The highest BCUT2D eigenvalue weighted by Crippen LogP contribution is 2.16. The van der Waals surface area contributed by atoms with E-state index in [1.54, 1.807) is 6.07 Å². The summed E-state index contributed by atoms with van der Waals surface area (Å²) in [4.78, 5) is 29.9. The summed E-state index contributed by atoms with van der Waals surface area (Å²) in [6, 6.07) is 8.73. The Morgan fingerprint density at radius 3 is 2.75 bits per heavy atom. The third-order valence-electron chi connectivity index (χ3n) is 2.43. The van der Waals surface area contributed by atoms with E-state index < -0.39 is 11.9 Å². The second-order valence-electron chi connectivity index (χ2n) is 3.74. The molecule has 0 saturated heterocycles. The van der Waals surface area contributed by atoms with E-state index in [-0.39, 0.29) is 16.3 Å². The van der Waals surface area contributed by atoms with Crippen molar-refractivity contribution in [3.05, 3.63) is 58.9 Å². The molecule has 0 aliphatic heterocycles. The first-order valence-corrected chi connectivity index (χ1v) is 5.84. The number of pyridine rings is 1. The smallest absolute Gasteiger partial charge is 0.322 e. The number of nitrogens with zero attached hydrogens (tertiary/aromatic N) is 1. The van der Waals surface area contributed by atoms with E-state index in [9.17, 15) is 14.1 Å². The van der Waals surface area contributed by atoms with E-state index in [4.69, 9.17) is 11.6 Å². The summed E-state index contributed by atoms with van der Waals surface area (Å²) in [5.41, 5.74) is 0.466.